The molecule has 0 spiro atoms. The van der Waals surface area contributed by atoms with Crippen molar-refractivity contribution in [3.63, 3.8) is 0 Å². The maximum absolute atomic E-state index is 12.6. The monoisotopic (exact) mass is 492 g/mol. The molecule has 188 valence electrons. The molecule has 0 saturated carbocycles. The van der Waals surface area contributed by atoms with Crippen LogP contribution in [0.5, 0.6) is 28.7 Å². The minimum atomic E-state index is -0.591. The lowest BCUT2D eigenvalue weighted by atomic mass is 10.1. The highest BCUT2D eigenvalue weighted by atomic mass is 16.5. The predicted octanol–water partition coefficient (Wildman–Crippen LogP) is 4.08. The van der Waals surface area contributed by atoms with Crippen LogP contribution >= 0.6 is 0 Å². The molecule has 0 atom stereocenters. The van der Waals surface area contributed by atoms with E-state index in [0.717, 1.165) is 11.1 Å². The Hall–Kier alpha value is -4.53. The number of hydrogen-bond donors (Lipinski definition) is 1. The highest BCUT2D eigenvalue weighted by Crippen LogP contribution is 2.38. The van der Waals surface area contributed by atoms with Crippen molar-refractivity contribution < 1.29 is 33.3 Å². The predicted molar refractivity (Wildman–Crippen MR) is 135 cm³/mol. The first-order valence-electron chi connectivity index (χ1n) is 11.0. The molecule has 0 fully saturated rings. The van der Waals surface area contributed by atoms with E-state index < -0.39 is 5.97 Å². The number of nitrogens with one attached hydrogen (secondary N) is 1. The molecule has 0 aliphatic rings. The molecule has 0 radical (unpaired) electrons. The summed E-state index contributed by atoms with van der Waals surface area (Å²) in [4.78, 5) is 24.6. The van der Waals surface area contributed by atoms with E-state index in [2.05, 4.69) is 10.5 Å². The third-order valence-electron chi connectivity index (χ3n) is 5.10. The van der Waals surface area contributed by atoms with Gasteiger partial charge in [0.2, 0.25) is 5.75 Å². The minimum Gasteiger partial charge on any atom is -0.493 e. The number of hydrogen-bond acceptors (Lipinski definition) is 8. The van der Waals surface area contributed by atoms with Gasteiger partial charge in [-0.2, -0.15) is 5.10 Å². The van der Waals surface area contributed by atoms with Gasteiger partial charge in [-0.25, -0.2) is 10.2 Å². The second-order valence-corrected chi connectivity index (χ2v) is 7.72. The van der Waals surface area contributed by atoms with Gasteiger partial charge in [0.05, 0.1) is 33.1 Å². The Morgan fingerprint density at radius 1 is 0.861 bits per heavy atom. The summed E-state index contributed by atoms with van der Waals surface area (Å²) in [5.41, 5.74) is 5.35. The number of ether oxygens (including phenoxy) is 5. The number of esters is 1. The summed E-state index contributed by atoms with van der Waals surface area (Å²) in [7, 11) is 4.41. The molecule has 1 amide bonds. The number of amides is 1. The number of nitrogens with zero attached hydrogens (tertiary/aromatic N) is 1. The van der Waals surface area contributed by atoms with Crippen molar-refractivity contribution >= 4 is 18.1 Å². The van der Waals surface area contributed by atoms with E-state index in [9.17, 15) is 9.59 Å². The van der Waals surface area contributed by atoms with Gasteiger partial charge in [-0.15, -0.1) is 0 Å². The fourth-order valence-electron chi connectivity index (χ4n) is 3.20. The first-order chi connectivity index (χ1) is 17.3. The van der Waals surface area contributed by atoms with Crippen LogP contribution in [0.1, 0.15) is 27.0 Å². The van der Waals surface area contributed by atoms with Crippen LogP contribution < -0.4 is 29.1 Å². The summed E-state index contributed by atoms with van der Waals surface area (Å²) in [5, 5.41) is 3.93. The first kappa shape index (κ1) is 26.1. The van der Waals surface area contributed by atoms with Crippen molar-refractivity contribution in [3.8, 4) is 28.7 Å². The fraction of sp³-hybridized carbons (Fsp3) is 0.222. The van der Waals surface area contributed by atoms with Crippen molar-refractivity contribution in [2.24, 2.45) is 5.10 Å². The highest BCUT2D eigenvalue weighted by Gasteiger charge is 2.18. The summed E-state index contributed by atoms with van der Waals surface area (Å²) in [6.45, 7) is 3.71. The molecule has 3 rings (SSSR count). The number of hydrazone groups is 1. The van der Waals surface area contributed by atoms with Crippen LogP contribution in [0.15, 0.2) is 59.7 Å². The van der Waals surface area contributed by atoms with Crippen LogP contribution in [-0.4, -0.2) is 46.0 Å². The van der Waals surface area contributed by atoms with Crippen molar-refractivity contribution in [1.82, 2.24) is 5.43 Å². The average Bonchev–Trinajstić information content (AvgIpc) is 2.89. The van der Waals surface area contributed by atoms with E-state index in [1.807, 2.05) is 32.0 Å². The summed E-state index contributed by atoms with van der Waals surface area (Å²) in [5.74, 6) is 1.08. The maximum atomic E-state index is 12.6. The Labute approximate surface area is 209 Å². The van der Waals surface area contributed by atoms with Gasteiger partial charge in [0.25, 0.3) is 5.91 Å². The molecule has 0 unspecified atom stereocenters. The van der Waals surface area contributed by atoms with Crippen LogP contribution in [0.2, 0.25) is 0 Å². The molecule has 3 aromatic carbocycles. The van der Waals surface area contributed by atoms with Gasteiger partial charge >= 0.3 is 5.97 Å². The molecular formula is C27H28N2O7. The summed E-state index contributed by atoms with van der Waals surface area (Å²) in [6, 6.07) is 15.4. The molecule has 0 bridgehead atoms. The van der Waals surface area contributed by atoms with Crippen molar-refractivity contribution in [3.05, 3.63) is 76.9 Å². The van der Waals surface area contributed by atoms with Crippen LogP contribution in [-0.2, 0) is 4.79 Å². The van der Waals surface area contributed by atoms with E-state index in [4.69, 9.17) is 23.7 Å². The smallest absolute Gasteiger partial charge is 0.343 e. The summed E-state index contributed by atoms with van der Waals surface area (Å²) in [6.07, 6.45) is 1.47. The Kier molecular flexibility index (Phi) is 8.88. The quantitative estimate of drug-likeness (QED) is 0.197. The standard InChI is InChI=1S/C27H28N2O7/c1-17-6-7-18(2)22(12-17)35-16-25(30)29-28-15-19-8-10-21(11-9-19)36-27(31)20-13-23(32-3)26(34-5)24(14-20)33-4/h6-15H,16H2,1-5H3,(H,29,30). The number of aryl methyl sites for hydroxylation is 2. The van der Waals surface area contributed by atoms with Crippen LogP contribution in [0.3, 0.4) is 0 Å². The molecule has 0 aliphatic heterocycles. The molecule has 9 nitrogen and oxygen atoms in total. The van der Waals surface area contributed by atoms with Gasteiger partial charge < -0.3 is 23.7 Å². The van der Waals surface area contributed by atoms with Crippen LogP contribution in [0.25, 0.3) is 0 Å². The van der Waals surface area contributed by atoms with Crippen molar-refractivity contribution in [2.45, 2.75) is 13.8 Å². The third-order valence-corrected chi connectivity index (χ3v) is 5.10. The van der Waals surface area contributed by atoms with Crippen LogP contribution in [0, 0.1) is 13.8 Å². The van der Waals surface area contributed by atoms with Gasteiger partial charge in [-0.05, 0) is 73.0 Å². The van der Waals surface area contributed by atoms with Crippen molar-refractivity contribution in [2.75, 3.05) is 27.9 Å². The second-order valence-electron chi connectivity index (χ2n) is 7.72. The number of methoxy groups -OCH3 is 3. The SMILES string of the molecule is COc1cc(C(=O)Oc2ccc(C=NNC(=O)COc3cc(C)ccc3C)cc2)cc(OC)c1OC. The fourth-order valence-corrected chi connectivity index (χ4v) is 3.20. The number of carbonyl (C=O) groups excluding carboxylic acids is 2. The van der Waals surface area contributed by atoms with Gasteiger partial charge in [-0.3, -0.25) is 4.79 Å². The molecule has 36 heavy (non-hydrogen) atoms. The lowest BCUT2D eigenvalue weighted by Gasteiger charge is -2.13. The van der Waals surface area contributed by atoms with E-state index >= 15 is 0 Å². The Balaban J connectivity index is 1.55. The summed E-state index contributed by atoms with van der Waals surface area (Å²) >= 11 is 0. The summed E-state index contributed by atoms with van der Waals surface area (Å²) < 4.78 is 26.8. The molecule has 0 aliphatic carbocycles. The lowest BCUT2D eigenvalue weighted by molar-refractivity contribution is -0.123. The highest BCUT2D eigenvalue weighted by molar-refractivity contribution is 5.93. The van der Waals surface area contributed by atoms with E-state index in [0.29, 0.717) is 34.3 Å². The lowest BCUT2D eigenvalue weighted by Crippen LogP contribution is -2.24. The zero-order chi connectivity index (χ0) is 26.1. The topological polar surface area (TPSA) is 105 Å². The third kappa shape index (κ3) is 6.75. The van der Waals surface area contributed by atoms with E-state index in [-0.39, 0.29) is 18.1 Å². The molecular weight excluding hydrogens is 464 g/mol. The number of benzene rings is 3. The molecule has 1 N–H and O–H groups in total. The molecule has 0 saturated heterocycles. The van der Waals surface area contributed by atoms with Gasteiger partial charge in [0.15, 0.2) is 18.1 Å². The van der Waals surface area contributed by atoms with Crippen molar-refractivity contribution in [1.29, 1.82) is 0 Å². The Morgan fingerprint density at radius 2 is 1.53 bits per heavy atom. The molecule has 3 aromatic rings. The zero-order valence-electron chi connectivity index (χ0n) is 20.8. The van der Waals surface area contributed by atoms with Gasteiger partial charge in [0, 0.05) is 0 Å². The Morgan fingerprint density at radius 3 is 2.14 bits per heavy atom. The maximum Gasteiger partial charge on any atom is 0.343 e. The van der Waals surface area contributed by atoms with Gasteiger partial charge in [-0.1, -0.05) is 12.1 Å². The largest absolute Gasteiger partial charge is 0.493 e. The average molecular weight is 493 g/mol. The van der Waals surface area contributed by atoms with E-state index in [1.54, 1.807) is 24.3 Å². The molecule has 0 heterocycles. The zero-order valence-corrected chi connectivity index (χ0v) is 20.8. The molecule has 9 heteroatoms. The molecule has 0 aromatic heterocycles. The number of carbonyl (C=O) groups is 2. The van der Waals surface area contributed by atoms with E-state index in [1.165, 1.54) is 39.7 Å². The second kappa shape index (κ2) is 12.3. The van der Waals surface area contributed by atoms with Crippen LogP contribution in [0.4, 0.5) is 0 Å². The Bertz CT molecular complexity index is 1230. The normalized spacial score (nSPS) is 10.6. The van der Waals surface area contributed by atoms with Gasteiger partial charge in [0.1, 0.15) is 11.5 Å². The first-order valence-corrected chi connectivity index (χ1v) is 11.0. The number of rotatable bonds is 10. The minimum absolute atomic E-state index is 0.155.